The number of benzene rings is 2. The molecule has 1 aliphatic rings. The van der Waals surface area contributed by atoms with Crippen molar-refractivity contribution in [3.63, 3.8) is 0 Å². The van der Waals surface area contributed by atoms with Crippen molar-refractivity contribution in [2.75, 3.05) is 0 Å². The van der Waals surface area contributed by atoms with Crippen LogP contribution in [0.3, 0.4) is 0 Å². The number of ketones is 1. The van der Waals surface area contributed by atoms with Crippen molar-refractivity contribution in [3.05, 3.63) is 68.5 Å². The predicted octanol–water partition coefficient (Wildman–Crippen LogP) is 3.62. The minimum atomic E-state index is -1.62. The van der Waals surface area contributed by atoms with Gasteiger partial charge in [0, 0.05) is 21.8 Å². The van der Waals surface area contributed by atoms with E-state index in [1.165, 1.54) is 6.07 Å². The van der Waals surface area contributed by atoms with E-state index in [-0.39, 0.29) is 16.4 Å². The standard InChI is InChI=1S/C15H9Cl2NO2S/c16-8-5-6-12-10(7-8)14(19)15(21(12)20)13(18)9-3-1-2-4-11(9)17/h1-7H,18H2/b15-13+. The van der Waals surface area contributed by atoms with E-state index in [1.807, 2.05) is 0 Å². The molecule has 0 aliphatic carbocycles. The Labute approximate surface area is 134 Å². The molecule has 0 saturated heterocycles. The summed E-state index contributed by atoms with van der Waals surface area (Å²) >= 11 is 10.3. The zero-order valence-electron chi connectivity index (χ0n) is 10.6. The predicted molar refractivity (Wildman–Crippen MR) is 84.8 cm³/mol. The molecule has 0 aromatic heterocycles. The van der Waals surface area contributed by atoms with Crippen molar-refractivity contribution in [3.8, 4) is 0 Å². The van der Waals surface area contributed by atoms with Crippen molar-refractivity contribution >= 4 is 45.9 Å². The van der Waals surface area contributed by atoms with Crippen LogP contribution in [0.4, 0.5) is 0 Å². The van der Waals surface area contributed by atoms with Gasteiger partial charge in [-0.3, -0.25) is 4.79 Å². The van der Waals surface area contributed by atoms with Gasteiger partial charge in [0.05, 0.1) is 10.6 Å². The number of hydrogen-bond donors (Lipinski definition) is 1. The van der Waals surface area contributed by atoms with Gasteiger partial charge in [0.1, 0.15) is 5.70 Å². The first kappa shape index (κ1) is 14.5. The zero-order valence-corrected chi connectivity index (χ0v) is 12.9. The highest BCUT2D eigenvalue weighted by atomic mass is 35.5. The first-order chi connectivity index (χ1) is 10.0. The minimum absolute atomic E-state index is 0.0559. The summed E-state index contributed by atoms with van der Waals surface area (Å²) in [6, 6.07) is 11.5. The Kier molecular flexibility index (Phi) is 3.71. The Balaban J connectivity index is 2.19. The van der Waals surface area contributed by atoms with Gasteiger partial charge in [0.15, 0.2) is 4.90 Å². The van der Waals surface area contributed by atoms with Crippen LogP contribution >= 0.6 is 23.2 Å². The number of hydrogen-bond acceptors (Lipinski definition) is 3. The SMILES string of the molecule is N/C(=C1\C(=O)c2cc(Cl)ccc2[S+]1[O-])c1ccccc1Cl. The Hall–Kier alpha value is -1.46. The summed E-state index contributed by atoms with van der Waals surface area (Å²) in [6.07, 6.45) is 0. The molecule has 0 amide bonds. The van der Waals surface area contributed by atoms with E-state index in [9.17, 15) is 9.35 Å². The molecule has 2 aromatic carbocycles. The van der Waals surface area contributed by atoms with Gasteiger partial charge in [-0.15, -0.1) is 0 Å². The second-order valence-corrected chi connectivity index (χ2v) is 6.69. The second kappa shape index (κ2) is 5.39. The van der Waals surface area contributed by atoms with Crippen LogP contribution in [0, 0.1) is 0 Å². The van der Waals surface area contributed by atoms with Crippen LogP contribution in [-0.4, -0.2) is 10.3 Å². The number of nitrogens with two attached hydrogens (primary N) is 1. The number of rotatable bonds is 1. The molecule has 0 radical (unpaired) electrons. The fourth-order valence-corrected chi connectivity index (χ4v) is 3.94. The van der Waals surface area contributed by atoms with E-state index in [1.54, 1.807) is 36.4 Å². The molecule has 1 heterocycles. The van der Waals surface area contributed by atoms with Crippen LogP contribution in [0.15, 0.2) is 52.3 Å². The first-order valence-corrected chi connectivity index (χ1v) is 7.92. The molecule has 2 aromatic rings. The average Bonchev–Trinajstić information content (AvgIpc) is 2.70. The van der Waals surface area contributed by atoms with E-state index in [0.717, 1.165) is 0 Å². The third kappa shape index (κ3) is 2.34. The number of carbonyl (C=O) groups is 1. The molecule has 1 aliphatic heterocycles. The normalized spacial score (nSPS) is 19.6. The van der Waals surface area contributed by atoms with Gasteiger partial charge in [-0.2, -0.15) is 0 Å². The number of carbonyl (C=O) groups excluding carboxylic acids is 1. The molecule has 0 saturated carbocycles. The highest BCUT2D eigenvalue weighted by molar-refractivity contribution is 7.97. The summed E-state index contributed by atoms with van der Waals surface area (Å²) in [5.41, 5.74) is 7.00. The van der Waals surface area contributed by atoms with E-state index in [0.29, 0.717) is 26.1 Å². The molecule has 3 rings (SSSR count). The maximum absolute atomic E-state index is 12.5. The molecule has 2 N–H and O–H groups in total. The van der Waals surface area contributed by atoms with Crippen LogP contribution in [0.1, 0.15) is 15.9 Å². The number of allylic oxidation sites excluding steroid dienone is 1. The van der Waals surface area contributed by atoms with Crippen LogP contribution in [-0.2, 0) is 11.2 Å². The molecular weight excluding hydrogens is 329 g/mol. The van der Waals surface area contributed by atoms with E-state index in [4.69, 9.17) is 28.9 Å². The van der Waals surface area contributed by atoms with Crippen molar-refractivity contribution in [2.45, 2.75) is 4.90 Å². The second-order valence-electron chi connectivity index (χ2n) is 4.46. The number of halogens is 2. The molecule has 6 heteroatoms. The molecule has 1 atom stereocenters. The molecule has 3 nitrogen and oxygen atoms in total. The first-order valence-electron chi connectivity index (χ1n) is 6.01. The highest BCUT2D eigenvalue weighted by Crippen LogP contribution is 2.38. The van der Waals surface area contributed by atoms with Crippen LogP contribution < -0.4 is 5.73 Å². The quantitative estimate of drug-likeness (QED) is 0.638. The number of fused-ring (bicyclic) bond motifs is 1. The lowest BCUT2D eigenvalue weighted by Crippen LogP contribution is -2.11. The lowest BCUT2D eigenvalue weighted by Gasteiger charge is -2.09. The summed E-state index contributed by atoms with van der Waals surface area (Å²) in [7, 11) is 0. The van der Waals surface area contributed by atoms with Gasteiger partial charge in [-0.25, -0.2) is 0 Å². The Bertz CT molecular complexity index is 789. The maximum Gasteiger partial charge on any atom is 0.248 e. The topological polar surface area (TPSA) is 66.2 Å². The average molecular weight is 338 g/mol. The van der Waals surface area contributed by atoms with E-state index < -0.39 is 11.2 Å². The van der Waals surface area contributed by atoms with Crippen LogP contribution in [0.2, 0.25) is 10.0 Å². The molecule has 0 fully saturated rings. The fraction of sp³-hybridized carbons (Fsp3) is 0. The molecule has 106 valence electrons. The van der Waals surface area contributed by atoms with Crippen LogP contribution in [0.5, 0.6) is 0 Å². The third-order valence-electron chi connectivity index (χ3n) is 3.19. The van der Waals surface area contributed by atoms with Crippen molar-refractivity contribution in [1.29, 1.82) is 0 Å². The highest BCUT2D eigenvalue weighted by Gasteiger charge is 2.41. The summed E-state index contributed by atoms with van der Waals surface area (Å²) < 4.78 is 12.5. The van der Waals surface area contributed by atoms with Gasteiger partial charge < -0.3 is 10.3 Å². The van der Waals surface area contributed by atoms with E-state index in [2.05, 4.69) is 0 Å². The number of Topliss-reactive ketones (excluding diaryl/α,β-unsaturated/α-hetero) is 1. The van der Waals surface area contributed by atoms with Gasteiger partial charge in [-0.1, -0.05) is 41.4 Å². The van der Waals surface area contributed by atoms with Gasteiger partial charge in [0.25, 0.3) is 0 Å². The Morgan fingerprint density at radius 2 is 1.86 bits per heavy atom. The lowest BCUT2D eigenvalue weighted by atomic mass is 10.1. The lowest BCUT2D eigenvalue weighted by molar-refractivity contribution is 0.104. The largest absolute Gasteiger partial charge is 0.606 e. The summed E-state index contributed by atoms with van der Waals surface area (Å²) in [6.45, 7) is 0. The summed E-state index contributed by atoms with van der Waals surface area (Å²) in [5, 5.41) is 0.818. The van der Waals surface area contributed by atoms with Crippen molar-refractivity contribution in [2.24, 2.45) is 5.73 Å². The Morgan fingerprint density at radius 3 is 2.57 bits per heavy atom. The van der Waals surface area contributed by atoms with Gasteiger partial charge in [-0.05, 0) is 24.3 Å². The minimum Gasteiger partial charge on any atom is -0.606 e. The molecular formula is C15H9Cl2NO2S. The zero-order chi connectivity index (χ0) is 15.1. The van der Waals surface area contributed by atoms with Gasteiger partial charge in [0.2, 0.25) is 10.7 Å². The smallest absolute Gasteiger partial charge is 0.248 e. The molecule has 0 bridgehead atoms. The Morgan fingerprint density at radius 1 is 1.14 bits per heavy atom. The van der Waals surface area contributed by atoms with Gasteiger partial charge >= 0.3 is 0 Å². The summed E-state index contributed by atoms with van der Waals surface area (Å²) in [5.74, 6) is -0.372. The van der Waals surface area contributed by atoms with Crippen molar-refractivity contribution in [1.82, 2.24) is 0 Å². The molecule has 21 heavy (non-hydrogen) atoms. The monoisotopic (exact) mass is 337 g/mol. The molecule has 1 unspecified atom stereocenters. The third-order valence-corrected chi connectivity index (χ3v) is 5.28. The maximum atomic E-state index is 12.5. The van der Waals surface area contributed by atoms with Crippen LogP contribution in [0.25, 0.3) is 5.70 Å². The summed E-state index contributed by atoms with van der Waals surface area (Å²) in [4.78, 5) is 12.9. The van der Waals surface area contributed by atoms with E-state index >= 15 is 0 Å². The van der Waals surface area contributed by atoms with Crippen molar-refractivity contribution < 1.29 is 9.35 Å². The molecule has 0 spiro atoms. The fourth-order valence-electron chi connectivity index (χ4n) is 2.18.